The summed E-state index contributed by atoms with van der Waals surface area (Å²) in [4.78, 5) is 58.0. The van der Waals surface area contributed by atoms with E-state index in [0.29, 0.717) is 0 Å². The number of carbonyl (C=O) groups excluding carboxylic acids is 3. The lowest BCUT2D eigenvalue weighted by atomic mass is 10.0. The number of aliphatic carboxylic acids is 2. The van der Waals surface area contributed by atoms with Crippen LogP contribution in [0.2, 0.25) is 0 Å². The van der Waals surface area contributed by atoms with Crippen LogP contribution in [0.1, 0.15) is 26.7 Å². The molecule has 0 aliphatic heterocycles. The van der Waals surface area contributed by atoms with Crippen LogP contribution in [0, 0.1) is 5.92 Å². The van der Waals surface area contributed by atoms with E-state index in [-0.39, 0.29) is 18.7 Å². The van der Waals surface area contributed by atoms with Gasteiger partial charge in [-0.25, -0.2) is 4.79 Å². The van der Waals surface area contributed by atoms with Gasteiger partial charge in [-0.05, 0) is 12.3 Å². The van der Waals surface area contributed by atoms with Crippen molar-refractivity contribution in [3.05, 3.63) is 0 Å². The summed E-state index contributed by atoms with van der Waals surface area (Å²) in [5.41, 5.74) is 5.16. The average Bonchev–Trinajstić information content (AvgIpc) is 2.59. The molecule has 7 N–H and O–H groups in total. The number of amides is 3. The van der Waals surface area contributed by atoms with E-state index < -0.39 is 60.1 Å². The van der Waals surface area contributed by atoms with E-state index in [2.05, 4.69) is 28.6 Å². The van der Waals surface area contributed by atoms with Gasteiger partial charge in [0, 0.05) is 12.2 Å². The maximum Gasteiger partial charge on any atom is 0.326 e. The van der Waals surface area contributed by atoms with Crippen LogP contribution in [0.15, 0.2) is 0 Å². The van der Waals surface area contributed by atoms with E-state index in [4.69, 9.17) is 15.9 Å². The molecule has 0 aromatic heterocycles. The van der Waals surface area contributed by atoms with Crippen molar-refractivity contribution in [3.8, 4) is 0 Å². The minimum atomic E-state index is -1.30. The van der Waals surface area contributed by atoms with Crippen molar-refractivity contribution in [1.82, 2.24) is 16.0 Å². The van der Waals surface area contributed by atoms with Gasteiger partial charge in [0.15, 0.2) is 0 Å². The van der Waals surface area contributed by atoms with Gasteiger partial charge in [0.2, 0.25) is 17.7 Å². The lowest BCUT2D eigenvalue weighted by molar-refractivity contribution is -0.144. The molecule has 11 nitrogen and oxygen atoms in total. The molecule has 0 radical (unpaired) electrons. The smallest absolute Gasteiger partial charge is 0.326 e. The van der Waals surface area contributed by atoms with Crippen molar-refractivity contribution >= 4 is 42.3 Å². The van der Waals surface area contributed by atoms with Gasteiger partial charge in [-0.1, -0.05) is 13.8 Å². The van der Waals surface area contributed by atoms with Gasteiger partial charge in [0.1, 0.15) is 18.1 Å². The molecule has 0 rings (SSSR count). The van der Waals surface area contributed by atoms with Crippen LogP contribution in [-0.4, -0.2) is 70.3 Å². The summed E-state index contributed by atoms with van der Waals surface area (Å²) in [6, 6.07) is -3.60. The van der Waals surface area contributed by atoms with Gasteiger partial charge < -0.3 is 31.9 Å². The summed E-state index contributed by atoms with van der Waals surface area (Å²) >= 11 is 3.95. The molecule has 27 heavy (non-hydrogen) atoms. The van der Waals surface area contributed by atoms with E-state index in [1.54, 1.807) is 13.8 Å². The second-order valence-corrected chi connectivity index (χ2v) is 6.43. The largest absolute Gasteiger partial charge is 0.481 e. The molecule has 3 amide bonds. The molecular weight excluding hydrogens is 380 g/mol. The number of hydrogen-bond donors (Lipinski definition) is 7. The zero-order valence-corrected chi connectivity index (χ0v) is 16.0. The molecule has 3 unspecified atom stereocenters. The molecule has 3 atom stereocenters. The van der Waals surface area contributed by atoms with Crippen molar-refractivity contribution in [3.63, 3.8) is 0 Å². The van der Waals surface area contributed by atoms with Gasteiger partial charge in [0.25, 0.3) is 0 Å². The van der Waals surface area contributed by atoms with E-state index in [0.717, 1.165) is 0 Å². The molecular formula is C15H26N4O7S. The molecule has 0 bridgehead atoms. The Morgan fingerprint density at radius 2 is 1.52 bits per heavy atom. The molecule has 0 aromatic carbocycles. The third kappa shape index (κ3) is 9.24. The molecule has 0 aromatic rings. The topological polar surface area (TPSA) is 188 Å². The minimum Gasteiger partial charge on any atom is -0.481 e. The van der Waals surface area contributed by atoms with Gasteiger partial charge in [-0.2, -0.15) is 12.6 Å². The Kier molecular flexibility index (Phi) is 11.1. The van der Waals surface area contributed by atoms with Crippen LogP contribution in [-0.2, 0) is 24.0 Å². The minimum absolute atomic E-state index is 0.0887. The van der Waals surface area contributed by atoms with Crippen LogP contribution >= 0.6 is 12.6 Å². The van der Waals surface area contributed by atoms with Gasteiger partial charge in [-0.3, -0.25) is 19.2 Å². The summed E-state index contributed by atoms with van der Waals surface area (Å²) in [6.45, 7) is 2.82. The Balaban J connectivity index is 5.24. The standard InChI is InChI=1S/C15H26N4O7S/c1-7(2)12(15(25)26)19-13(23)8(3-4-11(21)22)18-14(24)9(6-27)17-10(20)5-16/h7-9,12,27H,3-6,16H2,1-2H3,(H,17,20)(H,18,24)(H,19,23)(H,21,22)(H,25,26). The Morgan fingerprint density at radius 1 is 0.963 bits per heavy atom. The number of carboxylic acid groups (broad SMARTS) is 2. The first-order valence-electron chi connectivity index (χ1n) is 8.19. The average molecular weight is 406 g/mol. The maximum absolute atomic E-state index is 12.4. The fraction of sp³-hybridized carbons (Fsp3) is 0.667. The third-order valence-corrected chi connectivity index (χ3v) is 3.90. The zero-order valence-electron chi connectivity index (χ0n) is 15.1. The molecule has 0 saturated carbocycles. The monoisotopic (exact) mass is 406 g/mol. The Labute approximate surface area is 161 Å². The number of nitrogens with two attached hydrogens (primary N) is 1. The van der Waals surface area contributed by atoms with Crippen LogP contribution in [0.5, 0.6) is 0 Å². The highest BCUT2D eigenvalue weighted by atomic mass is 32.1. The number of hydrogen-bond acceptors (Lipinski definition) is 7. The fourth-order valence-electron chi connectivity index (χ4n) is 2.02. The van der Waals surface area contributed by atoms with Crippen molar-refractivity contribution in [2.45, 2.75) is 44.8 Å². The predicted molar refractivity (Wildman–Crippen MR) is 98.0 cm³/mol. The molecule has 154 valence electrons. The highest BCUT2D eigenvalue weighted by Crippen LogP contribution is 2.05. The van der Waals surface area contributed by atoms with E-state index in [9.17, 15) is 24.0 Å². The summed E-state index contributed by atoms with van der Waals surface area (Å²) in [7, 11) is 0. The molecule has 0 aliphatic carbocycles. The first-order valence-corrected chi connectivity index (χ1v) is 8.82. The Morgan fingerprint density at radius 3 is 1.93 bits per heavy atom. The van der Waals surface area contributed by atoms with Crippen LogP contribution in [0.25, 0.3) is 0 Å². The summed E-state index contributed by atoms with van der Waals surface area (Å²) < 4.78 is 0. The second kappa shape index (κ2) is 12.1. The number of carbonyl (C=O) groups is 5. The van der Waals surface area contributed by atoms with Gasteiger partial charge in [0.05, 0.1) is 6.54 Å². The van der Waals surface area contributed by atoms with Crippen LogP contribution in [0.4, 0.5) is 0 Å². The maximum atomic E-state index is 12.4. The lowest BCUT2D eigenvalue weighted by Crippen LogP contribution is -2.57. The molecule has 0 aliphatic rings. The van der Waals surface area contributed by atoms with E-state index >= 15 is 0 Å². The van der Waals surface area contributed by atoms with Crippen molar-refractivity contribution in [2.24, 2.45) is 11.7 Å². The first kappa shape index (κ1) is 24.7. The van der Waals surface area contributed by atoms with Gasteiger partial charge in [-0.15, -0.1) is 0 Å². The summed E-state index contributed by atoms with van der Waals surface area (Å²) in [6.07, 6.45) is -0.694. The van der Waals surface area contributed by atoms with Crippen LogP contribution < -0.4 is 21.7 Å². The highest BCUT2D eigenvalue weighted by Gasteiger charge is 2.30. The quantitative estimate of drug-likeness (QED) is 0.180. The SMILES string of the molecule is CC(C)C(NC(=O)C(CCC(=O)O)NC(=O)C(CS)NC(=O)CN)C(=O)O. The van der Waals surface area contributed by atoms with Crippen molar-refractivity contribution in [2.75, 3.05) is 12.3 Å². The third-order valence-electron chi connectivity index (χ3n) is 3.53. The number of carboxylic acids is 2. The molecule has 0 heterocycles. The fourth-order valence-corrected chi connectivity index (χ4v) is 2.28. The molecule has 0 spiro atoms. The van der Waals surface area contributed by atoms with Gasteiger partial charge >= 0.3 is 11.9 Å². The molecule has 0 fully saturated rings. The number of rotatable bonds is 12. The lowest BCUT2D eigenvalue weighted by Gasteiger charge is -2.24. The number of thiol groups is 1. The van der Waals surface area contributed by atoms with E-state index in [1.807, 2.05) is 0 Å². The summed E-state index contributed by atoms with van der Waals surface area (Å²) in [5.74, 6) is -5.19. The second-order valence-electron chi connectivity index (χ2n) is 6.07. The Hall–Kier alpha value is -2.34. The molecule has 0 saturated heterocycles. The predicted octanol–water partition coefficient (Wildman–Crippen LogP) is -2.07. The normalized spacial score (nSPS) is 14.0. The highest BCUT2D eigenvalue weighted by molar-refractivity contribution is 7.80. The molecule has 12 heteroatoms. The van der Waals surface area contributed by atoms with Crippen LogP contribution in [0.3, 0.4) is 0 Å². The summed E-state index contributed by atoms with van der Waals surface area (Å²) in [5, 5.41) is 24.9. The van der Waals surface area contributed by atoms with Crippen molar-refractivity contribution in [1.29, 1.82) is 0 Å². The van der Waals surface area contributed by atoms with Crippen molar-refractivity contribution < 1.29 is 34.2 Å². The Bertz CT molecular complexity index is 570. The first-order chi connectivity index (χ1) is 12.5. The number of nitrogens with one attached hydrogen (secondary N) is 3. The zero-order chi connectivity index (χ0) is 21.1. The van der Waals surface area contributed by atoms with E-state index in [1.165, 1.54) is 0 Å².